The van der Waals surface area contributed by atoms with Crippen LogP contribution >= 0.6 is 0 Å². The lowest BCUT2D eigenvalue weighted by molar-refractivity contribution is -0.138. The van der Waals surface area contributed by atoms with Crippen molar-refractivity contribution in [2.24, 2.45) is 0 Å². The number of carbonyl (C=O) groups is 2. The van der Waals surface area contributed by atoms with Crippen LogP contribution < -0.4 is 10.1 Å². The van der Waals surface area contributed by atoms with Gasteiger partial charge in [0.2, 0.25) is 11.8 Å². The molecule has 0 spiro atoms. The van der Waals surface area contributed by atoms with E-state index in [4.69, 9.17) is 9.47 Å². The minimum absolute atomic E-state index is 0.192. The molecule has 0 aliphatic carbocycles. The maximum atomic E-state index is 12.2. The van der Waals surface area contributed by atoms with Gasteiger partial charge in [0.05, 0.1) is 18.9 Å². The Balaban J connectivity index is 1.62. The number of rotatable bonds is 5. The van der Waals surface area contributed by atoms with E-state index in [0.29, 0.717) is 43.5 Å². The summed E-state index contributed by atoms with van der Waals surface area (Å²) >= 11 is 0. The molecule has 25 heavy (non-hydrogen) atoms. The van der Waals surface area contributed by atoms with E-state index in [-0.39, 0.29) is 18.2 Å². The van der Waals surface area contributed by atoms with Crippen LogP contribution in [0.5, 0.6) is 11.5 Å². The number of carbonyl (C=O) groups excluding carboxylic acids is 2. The summed E-state index contributed by atoms with van der Waals surface area (Å²) in [6, 6.07) is 16.5. The molecule has 1 N–H and O–H groups in total. The number of hydrogen-bond acceptors (Lipinski definition) is 4. The molecule has 0 bridgehead atoms. The second kappa shape index (κ2) is 8.30. The van der Waals surface area contributed by atoms with Gasteiger partial charge in [0, 0.05) is 13.1 Å². The van der Waals surface area contributed by atoms with Crippen molar-refractivity contribution < 1.29 is 19.1 Å². The van der Waals surface area contributed by atoms with Gasteiger partial charge in [-0.15, -0.1) is 0 Å². The van der Waals surface area contributed by atoms with Gasteiger partial charge in [0.1, 0.15) is 12.2 Å². The molecule has 3 rings (SSSR count). The van der Waals surface area contributed by atoms with Crippen molar-refractivity contribution in [1.82, 2.24) is 4.90 Å². The molecule has 1 aliphatic rings. The van der Waals surface area contributed by atoms with Gasteiger partial charge in [-0.05, 0) is 24.3 Å². The lowest BCUT2D eigenvalue weighted by atomic mass is 10.2. The van der Waals surface area contributed by atoms with Crippen LogP contribution in [0.1, 0.15) is 6.42 Å². The Bertz CT molecular complexity index is 727. The third-order valence-corrected chi connectivity index (χ3v) is 3.81. The minimum atomic E-state index is -0.361. The number of ether oxygens (including phenoxy) is 2. The lowest BCUT2D eigenvalue weighted by Gasteiger charge is -2.26. The molecule has 0 saturated carbocycles. The van der Waals surface area contributed by atoms with E-state index in [0.717, 1.165) is 0 Å². The Kier molecular flexibility index (Phi) is 5.64. The highest BCUT2D eigenvalue weighted by atomic mass is 16.5. The normalized spacial score (nSPS) is 14.0. The number of nitrogens with zero attached hydrogens (tertiary/aromatic N) is 1. The summed E-state index contributed by atoms with van der Waals surface area (Å²) in [4.78, 5) is 26.0. The van der Waals surface area contributed by atoms with Crippen LogP contribution in [-0.2, 0) is 14.3 Å². The van der Waals surface area contributed by atoms with Crippen LogP contribution in [0.15, 0.2) is 54.6 Å². The summed E-state index contributed by atoms with van der Waals surface area (Å²) in [5.41, 5.74) is 0.533. The van der Waals surface area contributed by atoms with Crippen molar-refractivity contribution in [3.8, 4) is 11.5 Å². The van der Waals surface area contributed by atoms with Crippen LogP contribution in [-0.4, -0.2) is 43.0 Å². The first-order valence-corrected chi connectivity index (χ1v) is 8.20. The Hall–Kier alpha value is -2.86. The molecule has 2 aromatic rings. The van der Waals surface area contributed by atoms with Crippen molar-refractivity contribution in [3.63, 3.8) is 0 Å². The van der Waals surface area contributed by atoms with Crippen LogP contribution in [0.3, 0.4) is 0 Å². The molecule has 0 atom stereocenters. The number of para-hydroxylation sites is 3. The topological polar surface area (TPSA) is 67.9 Å². The fourth-order valence-corrected chi connectivity index (χ4v) is 2.53. The molecule has 1 aliphatic heterocycles. The number of benzene rings is 2. The van der Waals surface area contributed by atoms with Crippen molar-refractivity contribution in [2.75, 3.05) is 31.6 Å². The van der Waals surface area contributed by atoms with E-state index >= 15 is 0 Å². The molecule has 1 fully saturated rings. The summed E-state index contributed by atoms with van der Waals surface area (Å²) in [7, 11) is 0. The fraction of sp³-hybridized carbons (Fsp3) is 0.263. The van der Waals surface area contributed by atoms with E-state index in [1.165, 1.54) is 0 Å². The zero-order valence-electron chi connectivity index (χ0n) is 13.8. The van der Waals surface area contributed by atoms with E-state index in [9.17, 15) is 9.59 Å². The van der Waals surface area contributed by atoms with E-state index in [1.807, 2.05) is 36.4 Å². The second-order valence-electron chi connectivity index (χ2n) is 5.63. The predicted molar refractivity (Wildman–Crippen MR) is 93.6 cm³/mol. The van der Waals surface area contributed by atoms with E-state index in [2.05, 4.69) is 5.32 Å². The van der Waals surface area contributed by atoms with Gasteiger partial charge < -0.3 is 19.7 Å². The number of amides is 2. The first-order valence-electron chi connectivity index (χ1n) is 8.20. The molecule has 1 saturated heterocycles. The molecule has 6 heteroatoms. The summed E-state index contributed by atoms with van der Waals surface area (Å²) in [6.45, 7) is 2.09. The number of anilines is 1. The molecule has 0 unspecified atom stereocenters. The van der Waals surface area contributed by atoms with Crippen molar-refractivity contribution in [1.29, 1.82) is 0 Å². The van der Waals surface area contributed by atoms with Gasteiger partial charge in [0.25, 0.3) is 0 Å². The monoisotopic (exact) mass is 340 g/mol. The number of morpholine rings is 1. The molecule has 0 radical (unpaired) electrons. The van der Waals surface area contributed by atoms with Gasteiger partial charge >= 0.3 is 0 Å². The van der Waals surface area contributed by atoms with Crippen molar-refractivity contribution >= 4 is 17.5 Å². The molecular weight excluding hydrogens is 320 g/mol. The van der Waals surface area contributed by atoms with Crippen molar-refractivity contribution in [2.45, 2.75) is 6.42 Å². The smallest absolute Gasteiger partial charge is 0.233 e. The average Bonchev–Trinajstić information content (AvgIpc) is 2.65. The molecule has 2 aromatic carbocycles. The standard InChI is InChI=1S/C19H20N2O4/c22-18(14-19(23)21-10-12-24-13-11-21)20-16-8-4-5-9-17(16)25-15-6-2-1-3-7-15/h1-9H,10-14H2,(H,20,22). The van der Waals surface area contributed by atoms with Crippen molar-refractivity contribution in [3.05, 3.63) is 54.6 Å². The Morgan fingerprint density at radius 3 is 2.44 bits per heavy atom. The lowest BCUT2D eigenvalue weighted by Crippen LogP contribution is -2.41. The highest BCUT2D eigenvalue weighted by Crippen LogP contribution is 2.29. The van der Waals surface area contributed by atoms with Crippen LogP contribution in [0.2, 0.25) is 0 Å². The van der Waals surface area contributed by atoms with Crippen LogP contribution in [0.25, 0.3) is 0 Å². The molecule has 0 aromatic heterocycles. The number of nitrogens with one attached hydrogen (secondary N) is 1. The van der Waals surface area contributed by atoms with Gasteiger partial charge in [-0.2, -0.15) is 0 Å². The summed E-state index contributed by atoms with van der Waals surface area (Å²) in [6.07, 6.45) is -0.195. The second-order valence-corrected chi connectivity index (χ2v) is 5.63. The quantitative estimate of drug-likeness (QED) is 0.850. The van der Waals surface area contributed by atoms with E-state index in [1.54, 1.807) is 23.1 Å². The third-order valence-electron chi connectivity index (χ3n) is 3.81. The van der Waals surface area contributed by atoms with E-state index < -0.39 is 0 Å². The third kappa shape index (κ3) is 4.81. The molecule has 130 valence electrons. The average molecular weight is 340 g/mol. The first kappa shape index (κ1) is 17.0. The summed E-state index contributed by atoms with van der Waals surface area (Å²) in [5.74, 6) is 0.650. The summed E-state index contributed by atoms with van der Waals surface area (Å²) in [5, 5.41) is 2.76. The minimum Gasteiger partial charge on any atom is -0.455 e. The summed E-state index contributed by atoms with van der Waals surface area (Å²) < 4.78 is 11.0. The zero-order valence-corrected chi connectivity index (χ0v) is 13.8. The highest BCUT2D eigenvalue weighted by molar-refractivity contribution is 6.04. The van der Waals surface area contributed by atoms with Crippen LogP contribution in [0.4, 0.5) is 5.69 Å². The van der Waals surface area contributed by atoms with Gasteiger partial charge in [-0.3, -0.25) is 9.59 Å². The zero-order chi connectivity index (χ0) is 17.5. The van der Waals surface area contributed by atoms with Gasteiger partial charge in [0.15, 0.2) is 5.75 Å². The molecule has 6 nitrogen and oxygen atoms in total. The number of hydrogen-bond donors (Lipinski definition) is 1. The van der Waals surface area contributed by atoms with Gasteiger partial charge in [-0.25, -0.2) is 0 Å². The fourth-order valence-electron chi connectivity index (χ4n) is 2.53. The maximum Gasteiger partial charge on any atom is 0.233 e. The predicted octanol–water partition coefficient (Wildman–Crippen LogP) is 2.67. The Labute approximate surface area is 146 Å². The SMILES string of the molecule is O=C(CC(=O)N1CCOCC1)Nc1ccccc1Oc1ccccc1. The largest absolute Gasteiger partial charge is 0.455 e. The Morgan fingerprint density at radius 1 is 1.00 bits per heavy atom. The first-order chi connectivity index (χ1) is 12.2. The maximum absolute atomic E-state index is 12.2. The molecule has 2 amide bonds. The molecular formula is C19H20N2O4. The Morgan fingerprint density at radius 2 is 1.68 bits per heavy atom. The highest BCUT2D eigenvalue weighted by Gasteiger charge is 2.20. The molecule has 1 heterocycles. The van der Waals surface area contributed by atoms with Crippen LogP contribution in [0, 0.1) is 0 Å². The van der Waals surface area contributed by atoms with Gasteiger partial charge in [-0.1, -0.05) is 30.3 Å².